The number of hydrogen-bond acceptors (Lipinski definition) is 3. The van der Waals surface area contributed by atoms with Crippen LogP contribution in [0.3, 0.4) is 0 Å². The molecule has 0 radical (unpaired) electrons. The number of anilines is 1. The maximum atomic E-state index is 13.7. The smallest absolute Gasteiger partial charge is 0.242 e. The number of benzene rings is 2. The topological polar surface area (TPSA) is 69.7 Å². The van der Waals surface area contributed by atoms with E-state index in [4.69, 9.17) is 0 Å². The molecule has 5 rings (SSSR count). The van der Waals surface area contributed by atoms with Gasteiger partial charge in [0.15, 0.2) is 0 Å². The Bertz CT molecular complexity index is 1050. The molecule has 3 aliphatic rings. The predicted octanol–water partition coefficient (Wildman–Crippen LogP) is 3.00. The van der Waals surface area contributed by atoms with E-state index in [0.717, 1.165) is 24.1 Å². The second-order valence-electron chi connectivity index (χ2n) is 8.53. The molecule has 31 heavy (non-hydrogen) atoms. The number of nitrogens with zero attached hydrogens (tertiary/aromatic N) is 2. The van der Waals surface area contributed by atoms with Gasteiger partial charge in [0.25, 0.3) is 0 Å². The molecule has 0 aromatic heterocycles. The molecule has 3 aliphatic heterocycles. The van der Waals surface area contributed by atoms with E-state index >= 15 is 0 Å². The first-order valence-electron chi connectivity index (χ1n) is 10.7. The van der Waals surface area contributed by atoms with Gasteiger partial charge in [-0.15, -0.1) is 0 Å². The Hall–Kier alpha value is -3.22. The molecule has 160 valence electrons. The van der Waals surface area contributed by atoms with Crippen LogP contribution < -0.4 is 5.32 Å². The summed E-state index contributed by atoms with van der Waals surface area (Å²) in [4.78, 5) is 42.3. The molecule has 0 bridgehead atoms. The lowest BCUT2D eigenvalue weighted by molar-refractivity contribution is -0.143. The number of hydrogen-bond donors (Lipinski definition) is 1. The summed E-state index contributed by atoms with van der Waals surface area (Å²) in [5.74, 6) is -0.703. The Morgan fingerprint density at radius 2 is 1.84 bits per heavy atom. The van der Waals surface area contributed by atoms with Crippen LogP contribution in [0.15, 0.2) is 48.5 Å². The Morgan fingerprint density at radius 3 is 2.61 bits per heavy atom. The molecule has 1 N–H and O–H groups in total. The van der Waals surface area contributed by atoms with Crippen LogP contribution in [0.5, 0.6) is 0 Å². The maximum absolute atomic E-state index is 13.7. The summed E-state index contributed by atoms with van der Waals surface area (Å²) in [6.45, 7) is 0.981. The van der Waals surface area contributed by atoms with Crippen molar-refractivity contribution in [3.8, 4) is 0 Å². The van der Waals surface area contributed by atoms with Crippen molar-refractivity contribution >= 4 is 23.4 Å². The molecule has 0 unspecified atom stereocenters. The van der Waals surface area contributed by atoms with Crippen molar-refractivity contribution in [3.63, 3.8) is 0 Å². The van der Waals surface area contributed by atoms with Gasteiger partial charge in [0.05, 0.1) is 12.6 Å². The number of carbonyl (C=O) groups is 3. The highest BCUT2D eigenvalue weighted by Crippen LogP contribution is 2.54. The second-order valence-corrected chi connectivity index (χ2v) is 8.53. The van der Waals surface area contributed by atoms with E-state index in [1.54, 1.807) is 21.9 Å². The van der Waals surface area contributed by atoms with E-state index in [0.29, 0.717) is 31.5 Å². The lowest BCUT2D eigenvalue weighted by Crippen LogP contribution is -2.47. The molecule has 2 fully saturated rings. The van der Waals surface area contributed by atoms with Crippen LogP contribution in [0.1, 0.15) is 42.9 Å². The Balaban J connectivity index is 1.55. The molecule has 3 amide bonds. The van der Waals surface area contributed by atoms with Gasteiger partial charge in [-0.1, -0.05) is 30.3 Å². The zero-order valence-electron chi connectivity index (χ0n) is 17.1. The van der Waals surface area contributed by atoms with Gasteiger partial charge in [0, 0.05) is 25.2 Å². The highest BCUT2D eigenvalue weighted by molar-refractivity contribution is 6.07. The van der Waals surface area contributed by atoms with Gasteiger partial charge in [0.1, 0.15) is 11.2 Å². The molecule has 2 aromatic carbocycles. The Morgan fingerprint density at radius 1 is 1.06 bits per heavy atom. The summed E-state index contributed by atoms with van der Waals surface area (Å²) >= 11 is 0. The Labute approximate surface area is 180 Å². The molecule has 2 saturated heterocycles. The molecule has 2 aromatic rings. The van der Waals surface area contributed by atoms with Crippen LogP contribution in [-0.4, -0.2) is 47.2 Å². The van der Waals surface area contributed by atoms with Crippen molar-refractivity contribution in [1.82, 2.24) is 9.80 Å². The summed E-state index contributed by atoms with van der Waals surface area (Å²) in [6.07, 6.45) is 2.68. The number of para-hydroxylation sites is 1. The average Bonchev–Trinajstić information content (AvgIpc) is 3.30. The Kier molecular flexibility index (Phi) is 4.76. The van der Waals surface area contributed by atoms with Crippen molar-refractivity contribution < 1.29 is 18.8 Å². The molecule has 6 nitrogen and oxygen atoms in total. The molecular weight excluding hydrogens is 397 g/mol. The van der Waals surface area contributed by atoms with Crippen molar-refractivity contribution in [3.05, 3.63) is 65.5 Å². The number of nitrogens with one attached hydrogen (secondary N) is 1. The molecule has 0 saturated carbocycles. The fourth-order valence-corrected chi connectivity index (χ4v) is 5.35. The summed E-state index contributed by atoms with van der Waals surface area (Å²) in [5, 5.41) is 2.97. The fraction of sp³-hybridized carbons (Fsp3) is 0.375. The summed E-state index contributed by atoms with van der Waals surface area (Å²) < 4.78 is 13.7. The number of amides is 3. The van der Waals surface area contributed by atoms with Gasteiger partial charge in [0.2, 0.25) is 17.7 Å². The highest BCUT2D eigenvalue weighted by atomic mass is 19.1. The van der Waals surface area contributed by atoms with Gasteiger partial charge < -0.3 is 15.1 Å². The first-order chi connectivity index (χ1) is 15.0. The second kappa shape index (κ2) is 7.48. The monoisotopic (exact) mass is 421 g/mol. The molecule has 7 heteroatoms. The minimum absolute atomic E-state index is 0.00389. The average molecular weight is 421 g/mol. The largest absolute Gasteiger partial charge is 0.333 e. The summed E-state index contributed by atoms with van der Waals surface area (Å²) in [6, 6.07) is 13.0. The maximum Gasteiger partial charge on any atom is 0.242 e. The predicted molar refractivity (Wildman–Crippen MR) is 113 cm³/mol. The van der Waals surface area contributed by atoms with Crippen LogP contribution in [0.4, 0.5) is 10.1 Å². The molecular formula is C24H24FN3O3. The number of rotatable bonds is 3. The highest BCUT2D eigenvalue weighted by Gasteiger charge is 2.59. The van der Waals surface area contributed by atoms with Crippen LogP contribution in [-0.2, 0) is 19.8 Å². The quantitative estimate of drug-likeness (QED) is 0.828. The fourth-order valence-electron chi connectivity index (χ4n) is 5.35. The first kappa shape index (κ1) is 19.7. The minimum atomic E-state index is -0.935. The number of fused-ring (bicyclic) bond motifs is 2. The van der Waals surface area contributed by atoms with E-state index in [1.807, 2.05) is 24.3 Å². The van der Waals surface area contributed by atoms with E-state index in [2.05, 4.69) is 5.32 Å². The summed E-state index contributed by atoms with van der Waals surface area (Å²) in [7, 11) is 0. The third-order valence-corrected chi connectivity index (χ3v) is 6.84. The molecule has 3 heterocycles. The van der Waals surface area contributed by atoms with Gasteiger partial charge in [-0.3, -0.25) is 14.4 Å². The summed E-state index contributed by atoms with van der Waals surface area (Å²) in [5.41, 5.74) is 1.39. The number of carbonyl (C=O) groups excluding carboxylic acids is 3. The minimum Gasteiger partial charge on any atom is -0.333 e. The SMILES string of the molecule is O=C1CCCCN1CC(=O)N1CC[C@]2(C(=O)Nc3ccccc32)[C@@H]1c1ccc(F)cc1. The number of piperidine rings is 1. The van der Waals surface area contributed by atoms with Crippen LogP contribution >= 0.6 is 0 Å². The zero-order chi connectivity index (χ0) is 21.6. The zero-order valence-corrected chi connectivity index (χ0v) is 17.1. The van der Waals surface area contributed by atoms with Gasteiger partial charge >= 0.3 is 0 Å². The third-order valence-electron chi connectivity index (χ3n) is 6.84. The normalized spacial score (nSPS) is 25.1. The van der Waals surface area contributed by atoms with Crippen LogP contribution in [0.2, 0.25) is 0 Å². The number of halogens is 1. The van der Waals surface area contributed by atoms with E-state index in [-0.39, 0.29) is 30.1 Å². The molecule has 0 aliphatic carbocycles. The first-order valence-corrected chi connectivity index (χ1v) is 10.7. The molecule has 2 atom stereocenters. The van der Waals surface area contributed by atoms with Crippen molar-refractivity contribution in [1.29, 1.82) is 0 Å². The van der Waals surface area contributed by atoms with E-state index in [1.165, 1.54) is 12.1 Å². The van der Waals surface area contributed by atoms with Gasteiger partial charge in [-0.05, 0) is 48.6 Å². The number of likely N-dealkylation sites (tertiary alicyclic amines) is 2. The third kappa shape index (κ3) is 3.10. The van der Waals surface area contributed by atoms with Crippen molar-refractivity contribution in [2.24, 2.45) is 0 Å². The van der Waals surface area contributed by atoms with Crippen LogP contribution in [0, 0.1) is 5.82 Å². The van der Waals surface area contributed by atoms with Crippen molar-refractivity contribution in [2.45, 2.75) is 37.1 Å². The van der Waals surface area contributed by atoms with Gasteiger partial charge in [-0.25, -0.2) is 4.39 Å². The lowest BCUT2D eigenvalue weighted by Gasteiger charge is -2.36. The standard InChI is InChI=1S/C24H24FN3O3/c25-17-10-8-16(9-11-17)22-24(18-5-1-2-6-19(18)26-23(24)31)12-14-28(22)21(30)15-27-13-4-3-7-20(27)29/h1-2,5-6,8-11,22H,3-4,7,12-15H2,(H,26,31)/t22-,24+/m0/s1. The van der Waals surface area contributed by atoms with Crippen LogP contribution in [0.25, 0.3) is 0 Å². The molecule has 1 spiro atoms. The lowest BCUT2D eigenvalue weighted by atomic mass is 9.72. The van der Waals surface area contributed by atoms with E-state index in [9.17, 15) is 18.8 Å². The van der Waals surface area contributed by atoms with Crippen molar-refractivity contribution in [2.75, 3.05) is 25.0 Å². The van der Waals surface area contributed by atoms with E-state index < -0.39 is 11.5 Å². The van der Waals surface area contributed by atoms with Gasteiger partial charge in [-0.2, -0.15) is 0 Å².